The van der Waals surface area contributed by atoms with E-state index in [1.54, 1.807) is 28.7 Å². The van der Waals surface area contributed by atoms with Crippen LogP contribution in [0.15, 0.2) is 48.8 Å². The first kappa shape index (κ1) is 18.8. The van der Waals surface area contributed by atoms with Gasteiger partial charge in [0.25, 0.3) is 0 Å². The van der Waals surface area contributed by atoms with Crippen LogP contribution in [0.1, 0.15) is 11.3 Å². The normalized spacial score (nSPS) is 11.2. The number of nitrogen functional groups attached to an aromatic ring is 1. The topological polar surface area (TPSA) is 65.4 Å². The van der Waals surface area contributed by atoms with Crippen LogP contribution in [0.2, 0.25) is 0 Å². The van der Waals surface area contributed by atoms with E-state index in [4.69, 9.17) is 10.5 Å². The lowest BCUT2D eigenvalue weighted by Crippen LogP contribution is -2.04. The molecule has 4 aromatic rings. The lowest BCUT2D eigenvalue weighted by Gasteiger charge is -2.12. The second-order valence-electron chi connectivity index (χ2n) is 6.54. The van der Waals surface area contributed by atoms with Crippen molar-refractivity contribution in [3.63, 3.8) is 0 Å². The quantitative estimate of drug-likeness (QED) is 0.512. The number of pyridine rings is 1. The molecule has 0 aliphatic carbocycles. The van der Waals surface area contributed by atoms with Crippen LogP contribution in [0.3, 0.4) is 0 Å². The lowest BCUT2D eigenvalue weighted by molar-refractivity contribution is 0.404. The zero-order valence-electron chi connectivity index (χ0n) is 15.5. The summed E-state index contributed by atoms with van der Waals surface area (Å²) in [6.07, 6.45) is 2.33. The molecule has 0 unspecified atom stereocenters. The Kier molecular flexibility index (Phi) is 4.84. The molecule has 2 aromatic carbocycles. The van der Waals surface area contributed by atoms with Crippen LogP contribution in [0.4, 0.5) is 18.9 Å². The molecule has 148 valence electrons. The predicted molar refractivity (Wildman–Crippen MR) is 103 cm³/mol. The van der Waals surface area contributed by atoms with Gasteiger partial charge in [0.05, 0.1) is 12.8 Å². The third-order valence-electron chi connectivity index (χ3n) is 4.84. The van der Waals surface area contributed by atoms with Crippen LogP contribution in [-0.4, -0.2) is 21.7 Å². The van der Waals surface area contributed by atoms with Gasteiger partial charge in [0.2, 0.25) is 0 Å². The summed E-state index contributed by atoms with van der Waals surface area (Å²) in [7, 11) is 1.49. The van der Waals surface area contributed by atoms with Crippen LogP contribution >= 0.6 is 0 Å². The number of rotatable bonds is 5. The van der Waals surface area contributed by atoms with Crippen molar-refractivity contribution in [3.8, 4) is 16.9 Å². The highest BCUT2D eigenvalue weighted by Crippen LogP contribution is 2.30. The molecular weight excluding hydrogens is 381 g/mol. The average Bonchev–Trinajstić information content (AvgIpc) is 3.20. The molecule has 0 fully saturated rings. The zero-order valence-corrected chi connectivity index (χ0v) is 15.5. The van der Waals surface area contributed by atoms with E-state index in [0.717, 1.165) is 17.8 Å². The molecular formula is C21H17F3N4O. The minimum atomic E-state index is -0.713. The van der Waals surface area contributed by atoms with Gasteiger partial charge in [-0.05, 0) is 43.2 Å². The summed E-state index contributed by atoms with van der Waals surface area (Å²) in [5, 5.41) is 7.95. The van der Waals surface area contributed by atoms with Crippen molar-refractivity contribution in [2.75, 3.05) is 12.8 Å². The van der Waals surface area contributed by atoms with Gasteiger partial charge in [0.1, 0.15) is 29.5 Å². The second-order valence-corrected chi connectivity index (χ2v) is 6.54. The van der Waals surface area contributed by atoms with Crippen LogP contribution < -0.4 is 10.5 Å². The van der Waals surface area contributed by atoms with Crippen molar-refractivity contribution in [3.05, 3.63) is 77.5 Å². The van der Waals surface area contributed by atoms with E-state index >= 15 is 0 Å². The van der Waals surface area contributed by atoms with Crippen molar-refractivity contribution in [1.82, 2.24) is 14.6 Å². The average molecular weight is 398 g/mol. The Morgan fingerprint density at radius 3 is 2.59 bits per heavy atom. The summed E-state index contributed by atoms with van der Waals surface area (Å²) in [5.74, 6) is -1.24. The zero-order chi connectivity index (χ0) is 20.5. The number of fused-ring (bicyclic) bond motifs is 1. The minimum Gasteiger partial charge on any atom is -0.496 e. The van der Waals surface area contributed by atoms with Crippen LogP contribution in [0.25, 0.3) is 16.8 Å². The highest BCUT2D eigenvalue weighted by molar-refractivity contribution is 5.78. The van der Waals surface area contributed by atoms with E-state index in [2.05, 4.69) is 10.2 Å². The number of nitrogens with two attached hydrogens (primary N) is 1. The Bertz CT molecular complexity index is 1210. The summed E-state index contributed by atoms with van der Waals surface area (Å²) in [6.45, 7) is 0. The highest BCUT2D eigenvalue weighted by Gasteiger charge is 2.16. The molecule has 0 spiro atoms. The van der Waals surface area contributed by atoms with Gasteiger partial charge in [-0.15, -0.1) is 10.2 Å². The number of benzene rings is 2. The third-order valence-corrected chi connectivity index (χ3v) is 4.84. The number of anilines is 1. The number of ether oxygens (including phenoxy) is 1. The van der Waals surface area contributed by atoms with Crippen LogP contribution in [0, 0.1) is 17.5 Å². The fourth-order valence-electron chi connectivity index (χ4n) is 3.37. The standard InChI is InChI=1S/C21H17F3N4O/c1-29-20-4-2-3-16(22)14(20)8-6-12-5-7-13(21-27-26-11-28(12)21)15-9-18(24)19(25)10-17(15)23/h2-5,7,9-11H,6,8,25H2,1H3. The van der Waals surface area contributed by atoms with Gasteiger partial charge in [-0.2, -0.15) is 0 Å². The maximum atomic E-state index is 14.4. The van der Waals surface area contributed by atoms with Crippen molar-refractivity contribution >= 4 is 11.3 Å². The molecule has 0 aliphatic rings. The number of nitrogens with zero attached hydrogens (tertiary/aromatic N) is 3. The molecule has 0 atom stereocenters. The molecule has 0 saturated heterocycles. The van der Waals surface area contributed by atoms with E-state index < -0.39 is 11.6 Å². The van der Waals surface area contributed by atoms with E-state index in [1.165, 1.54) is 19.5 Å². The molecule has 2 N–H and O–H groups in total. The third kappa shape index (κ3) is 3.37. The fraction of sp³-hybridized carbons (Fsp3) is 0.143. The van der Waals surface area contributed by atoms with Crippen molar-refractivity contribution < 1.29 is 17.9 Å². The number of halogens is 3. The number of hydrogen-bond acceptors (Lipinski definition) is 4. The molecule has 0 bridgehead atoms. The number of hydrogen-bond donors (Lipinski definition) is 1. The molecule has 0 radical (unpaired) electrons. The Morgan fingerprint density at radius 2 is 1.79 bits per heavy atom. The fourth-order valence-corrected chi connectivity index (χ4v) is 3.37. The predicted octanol–water partition coefficient (Wildman–Crippen LogP) is 4.19. The Morgan fingerprint density at radius 1 is 0.966 bits per heavy atom. The number of aryl methyl sites for hydroxylation is 1. The number of aromatic nitrogens is 3. The Labute approximate surface area is 164 Å². The van der Waals surface area contributed by atoms with Crippen molar-refractivity contribution in [2.24, 2.45) is 0 Å². The van der Waals surface area contributed by atoms with Crippen LogP contribution in [0.5, 0.6) is 5.75 Å². The molecule has 29 heavy (non-hydrogen) atoms. The summed E-state index contributed by atoms with van der Waals surface area (Å²) in [5.41, 5.74) is 7.20. The molecule has 0 amide bonds. The smallest absolute Gasteiger partial charge is 0.168 e. The first-order chi connectivity index (χ1) is 14.0. The molecule has 8 heteroatoms. The van der Waals surface area contributed by atoms with E-state index in [9.17, 15) is 13.2 Å². The van der Waals surface area contributed by atoms with Gasteiger partial charge < -0.3 is 10.5 Å². The van der Waals surface area contributed by atoms with Gasteiger partial charge in [-0.25, -0.2) is 13.2 Å². The van der Waals surface area contributed by atoms with Gasteiger partial charge in [0, 0.05) is 28.5 Å². The van der Waals surface area contributed by atoms with E-state index in [0.29, 0.717) is 35.4 Å². The largest absolute Gasteiger partial charge is 0.496 e. The van der Waals surface area contributed by atoms with Gasteiger partial charge in [-0.3, -0.25) is 4.40 Å². The summed E-state index contributed by atoms with van der Waals surface area (Å²) in [6, 6.07) is 10.1. The monoisotopic (exact) mass is 398 g/mol. The van der Waals surface area contributed by atoms with Crippen molar-refractivity contribution in [2.45, 2.75) is 12.8 Å². The highest BCUT2D eigenvalue weighted by atomic mass is 19.1. The Balaban J connectivity index is 1.72. The minimum absolute atomic E-state index is 0.0389. The van der Waals surface area contributed by atoms with E-state index in [-0.39, 0.29) is 17.1 Å². The van der Waals surface area contributed by atoms with Crippen molar-refractivity contribution in [1.29, 1.82) is 0 Å². The molecule has 0 aliphatic heterocycles. The first-order valence-electron chi connectivity index (χ1n) is 8.87. The second kappa shape index (κ2) is 7.46. The maximum absolute atomic E-state index is 14.4. The lowest BCUT2D eigenvalue weighted by atomic mass is 10.0. The molecule has 2 aromatic heterocycles. The summed E-state index contributed by atoms with van der Waals surface area (Å²) < 4.78 is 49.4. The molecule has 4 rings (SSSR count). The van der Waals surface area contributed by atoms with Crippen LogP contribution in [-0.2, 0) is 12.8 Å². The number of methoxy groups -OCH3 is 1. The first-order valence-corrected chi connectivity index (χ1v) is 8.87. The summed E-state index contributed by atoms with van der Waals surface area (Å²) in [4.78, 5) is 0. The van der Waals surface area contributed by atoms with E-state index in [1.807, 2.05) is 0 Å². The molecule has 2 heterocycles. The van der Waals surface area contributed by atoms with Gasteiger partial charge in [-0.1, -0.05) is 6.07 Å². The Hall–Kier alpha value is -3.55. The SMILES string of the molecule is COc1cccc(F)c1CCc1ccc(-c2cc(F)c(N)cc2F)c2nncn12. The molecule has 0 saturated carbocycles. The summed E-state index contributed by atoms with van der Waals surface area (Å²) >= 11 is 0. The van der Waals surface area contributed by atoms with Gasteiger partial charge >= 0.3 is 0 Å². The molecule has 5 nitrogen and oxygen atoms in total. The van der Waals surface area contributed by atoms with Gasteiger partial charge in [0.15, 0.2) is 5.65 Å². The maximum Gasteiger partial charge on any atom is 0.168 e.